The molecule has 2 aliphatic rings. The van der Waals surface area contributed by atoms with Crippen LogP contribution in [0.1, 0.15) is 26.2 Å². The number of aliphatic hydroxyl groups excluding tert-OH is 1. The van der Waals surface area contributed by atoms with Gasteiger partial charge in [-0.05, 0) is 33.4 Å². The number of aliphatic hydroxyl groups is 1. The van der Waals surface area contributed by atoms with E-state index >= 15 is 0 Å². The average molecular weight is 297 g/mol. The van der Waals surface area contributed by atoms with Gasteiger partial charge in [0.1, 0.15) is 0 Å². The van der Waals surface area contributed by atoms with Crippen molar-refractivity contribution in [2.75, 3.05) is 40.3 Å². The number of hydrogen-bond donors (Lipinski definition) is 1. The highest BCUT2D eigenvalue weighted by molar-refractivity contribution is 5.81. The lowest BCUT2D eigenvalue weighted by Crippen LogP contribution is -2.49. The molecule has 1 N–H and O–H groups in total. The minimum absolute atomic E-state index is 0.0406. The van der Waals surface area contributed by atoms with Crippen molar-refractivity contribution in [1.82, 2.24) is 14.7 Å². The highest BCUT2D eigenvalue weighted by Gasteiger charge is 2.38. The summed E-state index contributed by atoms with van der Waals surface area (Å²) in [6.07, 6.45) is 1.94. The summed E-state index contributed by atoms with van der Waals surface area (Å²) >= 11 is 0. The zero-order valence-corrected chi connectivity index (χ0v) is 13.3. The molecule has 0 aliphatic carbocycles. The first-order valence-corrected chi connectivity index (χ1v) is 7.77. The second-order valence-corrected chi connectivity index (χ2v) is 6.60. The molecule has 6 heteroatoms. The Kier molecular flexibility index (Phi) is 5.22. The van der Waals surface area contributed by atoms with E-state index in [0.717, 1.165) is 25.9 Å². The van der Waals surface area contributed by atoms with Crippen LogP contribution in [0.25, 0.3) is 0 Å². The third-order valence-electron chi connectivity index (χ3n) is 4.47. The number of β-amino-alcohol motifs (C(OH)–C–C–N with tert-alkyl or cyclic N) is 1. The van der Waals surface area contributed by atoms with E-state index in [1.165, 1.54) is 0 Å². The molecule has 120 valence electrons. The van der Waals surface area contributed by atoms with Crippen LogP contribution in [0.5, 0.6) is 0 Å². The lowest BCUT2D eigenvalue weighted by atomic mass is 9.96. The van der Waals surface area contributed by atoms with Gasteiger partial charge >= 0.3 is 0 Å². The van der Waals surface area contributed by atoms with Gasteiger partial charge in [-0.15, -0.1) is 0 Å². The van der Waals surface area contributed by atoms with Gasteiger partial charge in [-0.2, -0.15) is 0 Å². The molecule has 2 fully saturated rings. The predicted molar refractivity (Wildman–Crippen MR) is 79.7 cm³/mol. The van der Waals surface area contributed by atoms with Crippen molar-refractivity contribution in [1.29, 1.82) is 0 Å². The predicted octanol–water partition coefficient (Wildman–Crippen LogP) is -0.232. The van der Waals surface area contributed by atoms with Gasteiger partial charge in [-0.25, -0.2) is 0 Å². The van der Waals surface area contributed by atoms with Crippen molar-refractivity contribution < 1.29 is 14.7 Å². The largest absolute Gasteiger partial charge is 0.391 e. The van der Waals surface area contributed by atoms with Crippen molar-refractivity contribution in [2.24, 2.45) is 5.92 Å². The minimum Gasteiger partial charge on any atom is -0.391 e. The second-order valence-electron chi connectivity index (χ2n) is 6.60. The van der Waals surface area contributed by atoms with Gasteiger partial charge in [-0.1, -0.05) is 0 Å². The molecule has 0 bridgehead atoms. The van der Waals surface area contributed by atoms with Gasteiger partial charge in [0.25, 0.3) is 0 Å². The number of nitrogens with zero attached hydrogens (tertiary/aromatic N) is 3. The summed E-state index contributed by atoms with van der Waals surface area (Å²) in [4.78, 5) is 29.9. The molecular weight excluding hydrogens is 270 g/mol. The minimum atomic E-state index is -0.425. The van der Waals surface area contributed by atoms with E-state index in [4.69, 9.17) is 0 Å². The Morgan fingerprint density at radius 2 is 2.00 bits per heavy atom. The molecule has 0 radical (unpaired) electrons. The van der Waals surface area contributed by atoms with Gasteiger partial charge in [0.2, 0.25) is 11.8 Å². The van der Waals surface area contributed by atoms with Crippen LogP contribution in [0, 0.1) is 5.92 Å². The van der Waals surface area contributed by atoms with Crippen LogP contribution in [0.15, 0.2) is 0 Å². The normalized spacial score (nSPS) is 30.0. The smallest absolute Gasteiger partial charge is 0.227 e. The Morgan fingerprint density at radius 1 is 1.29 bits per heavy atom. The monoisotopic (exact) mass is 297 g/mol. The maximum Gasteiger partial charge on any atom is 0.227 e. The Hall–Kier alpha value is -1.14. The molecule has 21 heavy (non-hydrogen) atoms. The van der Waals surface area contributed by atoms with Crippen LogP contribution in [0.2, 0.25) is 0 Å². The van der Waals surface area contributed by atoms with Gasteiger partial charge in [0.15, 0.2) is 0 Å². The summed E-state index contributed by atoms with van der Waals surface area (Å²) in [5.74, 6) is 0.0285. The van der Waals surface area contributed by atoms with E-state index < -0.39 is 6.10 Å². The maximum absolute atomic E-state index is 12.8. The molecule has 2 aliphatic heterocycles. The molecule has 2 heterocycles. The number of likely N-dealkylation sites (N-methyl/N-ethyl adjacent to an activating group) is 1. The SMILES string of the molecule is CC(=O)N1CCCC(C(=O)N2CC(O)CC2CN(C)C)C1. The van der Waals surface area contributed by atoms with Gasteiger partial charge < -0.3 is 19.8 Å². The molecule has 0 aromatic heterocycles. The number of carbonyl (C=O) groups excluding carboxylic acids is 2. The lowest BCUT2D eigenvalue weighted by Gasteiger charge is -2.35. The van der Waals surface area contributed by atoms with Crippen LogP contribution in [-0.4, -0.2) is 84.0 Å². The fourth-order valence-electron chi connectivity index (χ4n) is 3.46. The van der Waals surface area contributed by atoms with Crippen molar-refractivity contribution in [3.63, 3.8) is 0 Å². The van der Waals surface area contributed by atoms with E-state index in [0.29, 0.717) is 19.5 Å². The Bertz CT molecular complexity index is 400. The van der Waals surface area contributed by atoms with Crippen molar-refractivity contribution >= 4 is 11.8 Å². The lowest BCUT2D eigenvalue weighted by molar-refractivity contribution is -0.141. The third kappa shape index (κ3) is 3.95. The summed E-state index contributed by atoms with van der Waals surface area (Å²) in [6, 6.07) is 0.0789. The topological polar surface area (TPSA) is 64.1 Å². The van der Waals surface area contributed by atoms with E-state index in [2.05, 4.69) is 0 Å². The van der Waals surface area contributed by atoms with E-state index in [1.807, 2.05) is 23.9 Å². The third-order valence-corrected chi connectivity index (χ3v) is 4.47. The number of rotatable bonds is 3. The molecule has 3 atom stereocenters. The fraction of sp³-hybridized carbons (Fsp3) is 0.867. The molecule has 0 aromatic carbocycles. The van der Waals surface area contributed by atoms with Crippen LogP contribution in [-0.2, 0) is 9.59 Å². The first kappa shape index (κ1) is 16.2. The number of likely N-dealkylation sites (tertiary alicyclic amines) is 2. The molecule has 6 nitrogen and oxygen atoms in total. The van der Waals surface area contributed by atoms with Gasteiger partial charge in [0, 0.05) is 39.1 Å². The molecule has 2 rings (SSSR count). The highest BCUT2D eigenvalue weighted by atomic mass is 16.3. The van der Waals surface area contributed by atoms with E-state index in [-0.39, 0.29) is 23.8 Å². The molecule has 0 saturated carbocycles. The first-order valence-electron chi connectivity index (χ1n) is 7.77. The quantitative estimate of drug-likeness (QED) is 0.781. The van der Waals surface area contributed by atoms with Crippen LogP contribution in [0.4, 0.5) is 0 Å². The van der Waals surface area contributed by atoms with Crippen LogP contribution >= 0.6 is 0 Å². The highest BCUT2D eigenvalue weighted by Crippen LogP contribution is 2.25. The molecule has 2 amide bonds. The molecule has 0 spiro atoms. The zero-order valence-electron chi connectivity index (χ0n) is 13.3. The van der Waals surface area contributed by atoms with E-state index in [1.54, 1.807) is 11.8 Å². The van der Waals surface area contributed by atoms with Gasteiger partial charge in [-0.3, -0.25) is 9.59 Å². The number of amides is 2. The molecular formula is C15H27N3O3. The number of carbonyl (C=O) groups is 2. The van der Waals surface area contributed by atoms with Crippen molar-refractivity contribution in [2.45, 2.75) is 38.3 Å². The fourth-order valence-corrected chi connectivity index (χ4v) is 3.46. The number of hydrogen-bond acceptors (Lipinski definition) is 4. The summed E-state index contributed by atoms with van der Waals surface area (Å²) in [5, 5.41) is 9.89. The zero-order chi connectivity index (χ0) is 15.6. The Labute approximate surface area is 126 Å². The Morgan fingerprint density at radius 3 is 2.62 bits per heavy atom. The summed E-state index contributed by atoms with van der Waals surface area (Å²) < 4.78 is 0. The van der Waals surface area contributed by atoms with Crippen LogP contribution in [0.3, 0.4) is 0 Å². The summed E-state index contributed by atoms with van der Waals surface area (Å²) in [7, 11) is 3.96. The maximum atomic E-state index is 12.8. The molecule has 3 unspecified atom stereocenters. The molecule has 0 aromatic rings. The van der Waals surface area contributed by atoms with Crippen LogP contribution < -0.4 is 0 Å². The first-order chi connectivity index (χ1) is 9.88. The van der Waals surface area contributed by atoms with E-state index in [9.17, 15) is 14.7 Å². The second kappa shape index (κ2) is 6.75. The molecule has 2 saturated heterocycles. The average Bonchev–Trinajstić information content (AvgIpc) is 2.78. The van der Waals surface area contributed by atoms with Crippen molar-refractivity contribution in [3.05, 3.63) is 0 Å². The summed E-state index contributed by atoms with van der Waals surface area (Å²) in [5.41, 5.74) is 0. The summed E-state index contributed by atoms with van der Waals surface area (Å²) in [6.45, 7) is 4.03. The Balaban J connectivity index is 2.02. The number of piperidine rings is 1. The standard InChI is InChI=1S/C15H27N3O3/c1-11(19)17-6-4-5-12(8-17)15(21)18-10-14(20)7-13(18)9-16(2)3/h12-14,20H,4-10H2,1-3H3. The van der Waals surface area contributed by atoms with Crippen molar-refractivity contribution in [3.8, 4) is 0 Å². The van der Waals surface area contributed by atoms with Gasteiger partial charge in [0.05, 0.1) is 12.0 Å².